The number of rotatable bonds is 7. The van der Waals surface area contributed by atoms with Gasteiger partial charge in [0.1, 0.15) is 6.61 Å². The number of esters is 1. The average molecular weight is 292 g/mol. The number of amides is 1. The molecule has 6 nitrogen and oxygen atoms in total. The summed E-state index contributed by atoms with van der Waals surface area (Å²) in [6.07, 6.45) is 1.51. The molecule has 1 amide bonds. The highest BCUT2D eigenvalue weighted by Gasteiger charge is 2.20. The number of carbonyl (C=O) groups excluding carboxylic acids is 2. The summed E-state index contributed by atoms with van der Waals surface area (Å²) >= 11 is 0. The predicted molar refractivity (Wildman–Crippen MR) is 81.5 cm³/mol. The van der Waals surface area contributed by atoms with Crippen molar-refractivity contribution in [1.82, 2.24) is 0 Å². The standard InChI is InChI=1S/C15H20N2O4/c1-5-16-11-7-8-12(15(19)21-6-2)13(9-11)17(3)14(18)10-20-4/h5,7-9,16H,1,6,10H2,2-4H3. The molecule has 21 heavy (non-hydrogen) atoms. The first-order valence-corrected chi connectivity index (χ1v) is 6.49. The van der Waals surface area contributed by atoms with Crippen LogP contribution in [0.1, 0.15) is 17.3 Å². The second-order valence-corrected chi connectivity index (χ2v) is 4.19. The number of carbonyl (C=O) groups is 2. The van der Waals surface area contributed by atoms with Crippen molar-refractivity contribution in [2.45, 2.75) is 6.92 Å². The summed E-state index contributed by atoms with van der Waals surface area (Å²) in [6.45, 7) is 5.50. The normalized spacial score (nSPS) is 9.86. The number of anilines is 2. The van der Waals surface area contributed by atoms with E-state index in [1.54, 1.807) is 32.2 Å². The van der Waals surface area contributed by atoms with E-state index in [1.807, 2.05) is 0 Å². The summed E-state index contributed by atoms with van der Waals surface area (Å²) < 4.78 is 9.84. The average Bonchev–Trinajstić information content (AvgIpc) is 2.47. The molecular formula is C15H20N2O4. The number of methoxy groups -OCH3 is 1. The third kappa shape index (κ3) is 4.32. The number of likely N-dealkylation sites (N-methyl/N-ethyl adjacent to an activating group) is 1. The monoisotopic (exact) mass is 292 g/mol. The van der Waals surface area contributed by atoms with Crippen molar-refractivity contribution >= 4 is 23.3 Å². The van der Waals surface area contributed by atoms with Gasteiger partial charge in [0.05, 0.1) is 17.9 Å². The summed E-state index contributed by atoms with van der Waals surface area (Å²) in [5.74, 6) is -0.742. The fourth-order valence-corrected chi connectivity index (χ4v) is 1.75. The van der Waals surface area contributed by atoms with Crippen LogP contribution in [0.15, 0.2) is 31.0 Å². The van der Waals surface area contributed by atoms with Gasteiger partial charge in [0.15, 0.2) is 0 Å². The smallest absolute Gasteiger partial charge is 0.340 e. The van der Waals surface area contributed by atoms with E-state index < -0.39 is 5.97 Å². The Labute approximate surface area is 124 Å². The van der Waals surface area contributed by atoms with Crippen LogP contribution in [0.4, 0.5) is 11.4 Å². The van der Waals surface area contributed by atoms with Gasteiger partial charge in [-0.15, -0.1) is 0 Å². The van der Waals surface area contributed by atoms with Crippen molar-refractivity contribution in [3.05, 3.63) is 36.5 Å². The van der Waals surface area contributed by atoms with Crippen LogP contribution in [0.5, 0.6) is 0 Å². The van der Waals surface area contributed by atoms with Gasteiger partial charge in [-0.2, -0.15) is 0 Å². The summed E-state index contributed by atoms with van der Waals surface area (Å²) in [6, 6.07) is 5.00. The van der Waals surface area contributed by atoms with E-state index in [0.717, 1.165) is 0 Å². The lowest BCUT2D eigenvalue weighted by molar-refractivity contribution is -0.121. The van der Waals surface area contributed by atoms with Crippen molar-refractivity contribution in [2.75, 3.05) is 37.6 Å². The van der Waals surface area contributed by atoms with Gasteiger partial charge in [-0.1, -0.05) is 6.58 Å². The lowest BCUT2D eigenvalue weighted by atomic mass is 10.1. The molecule has 1 aromatic carbocycles. The van der Waals surface area contributed by atoms with Crippen molar-refractivity contribution < 1.29 is 19.1 Å². The van der Waals surface area contributed by atoms with Gasteiger partial charge in [0.2, 0.25) is 0 Å². The molecule has 6 heteroatoms. The van der Waals surface area contributed by atoms with Crippen LogP contribution in [-0.2, 0) is 14.3 Å². The highest BCUT2D eigenvalue weighted by atomic mass is 16.5. The highest BCUT2D eigenvalue weighted by molar-refractivity contribution is 6.03. The van der Waals surface area contributed by atoms with E-state index in [9.17, 15) is 9.59 Å². The molecule has 0 aliphatic carbocycles. The van der Waals surface area contributed by atoms with E-state index in [0.29, 0.717) is 16.9 Å². The van der Waals surface area contributed by atoms with Gasteiger partial charge >= 0.3 is 5.97 Å². The molecule has 0 bridgehead atoms. The molecule has 1 aromatic rings. The largest absolute Gasteiger partial charge is 0.462 e. The predicted octanol–water partition coefficient (Wildman–Crippen LogP) is 2.03. The zero-order chi connectivity index (χ0) is 15.8. The Hall–Kier alpha value is -2.34. The van der Waals surface area contributed by atoms with Crippen molar-refractivity contribution in [1.29, 1.82) is 0 Å². The third-order valence-corrected chi connectivity index (χ3v) is 2.77. The molecule has 0 aliphatic heterocycles. The number of ether oxygens (including phenoxy) is 2. The van der Waals surface area contributed by atoms with E-state index in [2.05, 4.69) is 11.9 Å². The molecule has 0 spiro atoms. The minimum Gasteiger partial charge on any atom is -0.462 e. The molecular weight excluding hydrogens is 272 g/mol. The van der Waals surface area contributed by atoms with Crippen LogP contribution >= 0.6 is 0 Å². The molecule has 0 heterocycles. The summed E-state index contributed by atoms with van der Waals surface area (Å²) in [4.78, 5) is 25.3. The molecule has 0 saturated heterocycles. The number of benzene rings is 1. The number of hydrogen-bond acceptors (Lipinski definition) is 5. The fraction of sp³-hybridized carbons (Fsp3) is 0.333. The lowest BCUT2D eigenvalue weighted by Crippen LogP contribution is -2.31. The molecule has 1 rings (SSSR count). The van der Waals surface area contributed by atoms with Crippen molar-refractivity contribution in [3.63, 3.8) is 0 Å². The Bertz CT molecular complexity index is 528. The molecule has 0 radical (unpaired) electrons. The van der Waals surface area contributed by atoms with Gasteiger partial charge in [-0.3, -0.25) is 4.79 Å². The summed E-state index contributed by atoms with van der Waals surface area (Å²) in [5.41, 5.74) is 1.48. The summed E-state index contributed by atoms with van der Waals surface area (Å²) in [7, 11) is 3.02. The Morgan fingerprint density at radius 1 is 1.43 bits per heavy atom. The Morgan fingerprint density at radius 2 is 2.14 bits per heavy atom. The number of nitrogens with zero attached hydrogens (tertiary/aromatic N) is 1. The molecule has 0 aromatic heterocycles. The van der Waals surface area contributed by atoms with Gasteiger partial charge in [0, 0.05) is 19.8 Å². The second-order valence-electron chi connectivity index (χ2n) is 4.19. The second kappa shape index (κ2) is 8.06. The van der Waals surface area contributed by atoms with E-state index >= 15 is 0 Å². The Morgan fingerprint density at radius 3 is 2.71 bits per heavy atom. The van der Waals surface area contributed by atoms with Crippen LogP contribution in [0.2, 0.25) is 0 Å². The maximum absolute atomic E-state index is 12.0. The van der Waals surface area contributed by atoms with Crippen LogP contribution in [0.25, 0.3) is 0 Å². The topological polar surface area (TPSA) is 67.9 Å². The SMILES string of the molecule is C=CNc1ccc(C(=O)OCC)c(N(C)C(=O)COC)c1. The number of hydrogen-bond donors (Lipinski definition) is 1. The van der Waals surface area contributed by atoms with Crippen molar-refractivity contribution in [2.24, 2.45) is 0 Å². The molecule has 0 aliphatic rings. The quantitative estimate of drug-likeness (QED) is 0.779. The third-order valence-electron chi connectivity index (χ3n) is 2.77. The number of nitrogens with one attached hydrogen (secondary N) is 1. The Balaban J connectivity index is 3.21. The first kappa shape index (κ1) is 16.7. The first-order valence-electron chi connectivity index (χ1n) is 6.49. The van der Waals surface area contributed by atoms with E-state index in [-0.39, 0.29) is 19.1 Å². The lowest BCUT2D eigenvalue weighted by Gasteiger charge is -2.20. The fourth-order valence-electron chi connectivity index (χ4n) is 1.75. The molecule has 0 saturated carbocycles. The van der Waals surface area contributed by atoms with Gasteiger partial charge < -0.3 is 19.7 Å². The maximum atomic E-state index is 12.0. The van der Waals surface area contributed by atoms with E-state index in [1.165, 1.54) is 18.2 Å². The summed E-state index contributed by atoms with van der Waals surface area (Å²) in [5, 5.41) is 2.91. The van der Waals surface area contributed by atoms with Crippen LogP contribution < -0.4 is 10.2 Å². The van der Waals surface area contributed by atoms with Crippen LogP contribution in [0.3, 0.4) is 0 Å². The van der Waals surface area contributed by atoms with Gasteiger partial charge in [-0.25, -0.2) is 4.79 Å². The molecule has 114 valence electrons. The minimum absolute atomic E-state index is 0.0715. The Kier molecular flexibility index (Phi) is 6.42. The van der Waals surface area contributed by atoms with E-state index in [4.69, 9.17) is 9.47 Å². The molecule has 0 atom stereocenters. The molecule has 0 fully saturated rings. The highest BCUT2D eigenvalue weighted by Crippen LogP contribution is 2.25. The zero-order valence-corrected chi connectivity index (χ0v) is 12.5. The van der Waals surface area contributed by atoms with Crippen LogP contribution in [-0.4, -0.2) is 39.2 Å². The van der Waals surface area contributed by atoms with Gasteiger partial charge in [-0.05, 0) is 31.3 Å². The zero-order valence-electron chi connectivity index (χ0n) is 12.5. The van der Waals surface area contributed by atoms with Gasteiger partial charge in [0.25, 0.3) is 5.91 Å². The van der Waals surface area contributed by atoms with Crippen LogP contribution in [0, 0.1) is 0 Å². The minimum atomic E-state index is -0.477. The molecule has 1 N–H and O–H groups in total. The van der Waals surface area contributed by atoms with Crippen molar-refractivity contribution in [3.8, 4) is 0 Å². The maximum Gasteiger partial charge on any atom is 0.340 e. The first-order chi connectivity index (χ1) is 10.0. The molecule has 0 unspecified atom stereocenters.